The van der Waals surface area contributed by atoms with Gasteiger partial charge >= 0.3 is 0 Å². The third kappa shape index (κ3) is 5.16. The number of carbonyl (C=O) groups excluding carboxylic acids is 3. The molecule has 9 heteroatoms. The lowest BCUT2D eigenvalue weighted by molar-refractivity contribution is -0.124. The molecule has 0 bridgehead atoms. The highest BCUT2D eigenvalue weighted by atomic mass is 32.1. The third-order valence-electron chi connectivity index (χ3n) is 3.35. The Bertz CT molecular complexity index is 852. The molecular formula is C17H15F3N2O3S. The minimum Gasteiger partial charge on any atom is -0.347 e. The van der Waals surface area contributed by atoms with Gasteiger partial charge in [-0.1, -0.05) is 0 Å². The van der Waals surface area contributed by atoms with Gasteiger partial charge in [-0.2, -0.15) is 0 Å². The highest BCUT2D eigenvalue weighted by molar-refractivity contribution is 7.14. The molecule has 1 heterocycles. The molecule has 138 valence electrons. The molecule has 5 nitrogen and oxygen atoms in total. The Kier molecular flexibility index (Phi) is 6.51. The van der Waals surface area contributed by atoms with Gasteiger partial charge in [0.2, 0.25) is 11.8 Å². The van der Waals surface area contributed by atoms with Crippen molar-refractivity contribution in [3.05, 3.63) is 51.5 Å². The van der Waals surface area contributed by atoms with Gasteiger partial charge in [0.1, 0.15) is 0 Å². The summed E-state index contributed by atoms with van der Waals surface area (Å²) in [6.07, 6.45) is -0.117. The Labute approximate surface area is 151 Å². The van der Waals surface area contributed by atoms with Crippen LogP contribution < -0.4 is 10.6 Å². The van der Waals surface area contributed by atoms with Crippen molar-refractivity contribution in [2.45, 2.75) is 19.8 Å². The first kappa shape index (κ1) is 19.6. The van der Waals surface area contributed by atoms with Crippen molar-refractivity contribution in [2.75, 3.05) is 11.9 Å². The Morgan fingerprint density at radius 1 is 0.962 bits per heavy atom. The van der Waals surface area contributed by atoms with Crippen LogP contribution in [-0.4, -0.2) is 24.1 Å². The first-order valence-corrected chi connectivity index (χ1v) is 8.39. The van der Waals surface area contributed by atoms with Crippen molar-refractivity contribution in [2.24, 2.45) is 0 Å². The van der Waals surface area contributed by atoms with Crippen molar-refractivity contribution in [1.29, 1.82) is 0 Å². The molecule has 2 rings (SSSR count). The molecule has 0 saturated heterocycles. The van der Waals surface area contributed by atoms with Crippen LogP contribution in [-0.2, 0) is 9.59 Å². The zero-order valence-electron chi connectivity index (χ0n) is 13.7. The molecule has 0 atom stereocenters. The molecular weight excluding hydrogens is 369 g/mol. The van der Waals surface area contributed by atoms with E-state index in [9.17, 15) is 27.6 Å². The fourth-order valence-corrected chi connectivity index (χ4v) is 2.85. The molecule has 26 heavy (non-hydrogen) atoms. The third-order valence-corrected chi connectivity index (χ3v) is 4.39. The average molecular weight is 384 g/mol. The molecule has 0 spiro atoms. The van der Waals surface area contributed by atoms with Crippen LogP contribution in [0.25, 0.3) is 0 Å². The van der Waals surface area contributed by atoms with Gasteiger partial charge in [-0.05, 0) is 31.2 Å². The second-order valence-electron chi connectivity index (χ2n) is 5.38. The van der Waals surface area contributed by atoms with E-state index in [1.165, 1.54) is 11.3 Å². The molecule has 0 fully saturated rings. The first-order chi connectivity index (χ1) is 12.3. The van der Waals surface area contributed by atoms with E-state index >= 15 is 0 Å². The van der Waals surface area contributed by atoms with Crippen LogP contribution in [0.3, 0.4) is 0 Å². The number of halogens is 3. The highest BCUT2D eigenvalue weighted by Gasteiger charge is 2.16. The molecule has 2 N–H and O–H groups in total. The minimum absolute atomic E-state index is 0.00872. The maximum absolute atomic E-state index is 13.4. The number of hydrogen-bond donors (Lipinski definition) is 2. The number of benzene rings is 1. The number of ketones is 1. The summed E-state index contributed by atoms with van der Waals surface area (Å²) in [5.41, 5.74) is -0.536. The molecule has 0 saturated carbocycles. The molecule has 0 aliphatic rings. The van der Waals surface area contributed by atoms with E-state index in [-0.39, 0.29) is 18.6 Å². The maximum atomic E-state index is 13.4. The summed E-state index contributed by atoms with van der Waals surface area (Å²) >= 11 is 1.33. The van der Waals surface area contributed by atoms with Crippen LogP contribution in [0.15, 0.2) is 24.3 Å². The number of aryl methyl sites for hydroxylation is 1. The second kappa shape index (κ2) is 8.61. The molecule has 1 aromatic heterocycles. The van der Waals surface area contributed by atoms with Crippen LogP contribution in [0.1, 0.15) is 27.4 Å². The smallest absolute Gasteiger partial charge is 0.243 e. The molecule has 0 aliphatic heterocycles. The molecule has 2 aromatic rings. The van der Waals surface area contributed by atoms with E-state index in [1.807, 2.05) is 12.2 Å². The summed E-state index contributed by atoms with van der Waals surface area (Å²) in [5.74, 6) is -6.13. The van der Waals surface area contributed by atoms with Crippen LogP contribution in [0.4, 0.5) is 18.9 Å². The first-order valence-electron chi connectivity index (χ1n) is 7.57. The Morgan fingerprint density at radius 2 is 1.69 bits per heavy atom. The lowest BCUT2D eigenvalue weighted by atomic mass is 10.2. The largest absolute Gasteiger partial charge is 0.347 e. The lowest BCUT2D eigenvalue weighted by Gasteiger charge is -2.08. The lowest BCUT2D eigenvalue weighted by Crippen LogP contribution is -2.33. The van der Waals surface area contributed by atoms with Crippen molar-refractivity contribution in [1.82, 2.24) is 5.32 Å². The fourth-order valence-electron chi connectivity index (χ4n) is 2.02. The number of carbonyl (C=O) groups is 3. The summed E-state index contributed by atoms with van der Waals surface area (Å²) in [6.45, 7) is 1.37. The molecule has 0 radical (unpaired) electrons. The molecule has 2 amide bonds. The number of thiophene rings is 1. The van der Waals surface area contributed by atoms with Gasteiger partial charge in [0.25, 0.3) is 0 Å². The van der Waals surface area contributed by atoms with Gasteiger partial charge in [0.15, 0.2) is 23.2 Å². The van der Waals surface area contributed by atoms with E-state index in [0.29, 0.717) is 10.9 Å². The summed E-state index contributed by atoms with van der Waals surface area (Å²) in [6, 6.07) is 5.03. The van der Waals surface area contributed by atoms with Gasteiger partial charge < -0.3 is 10.6 Å². The fraction of sp³-hybridized carbons (Fsp3) is 0.235. The Balaban J connectivity index is 1.77. The van der Waals surface area contributed by atoms with Crippen molar-refractivity contribution >= 4 is 34.6 Å². The SMILES string of the molecule is Cc1ccc(C(=O)CCC(=O)NCC(=O)Nc2ccc(F)c(F)c2F)s1. The molecule has 0 unspecified atom stereocenters. The van der Waals surface area contributed by atoms with E-state index in [4.69, 9.17) is 0 Å². The van der Waals surface area contributed by atoms with E-state index in [1.54, 1.807) is 12.1 Å². The van der Waals surface area contributed by atoms with Crippen molar-refractivity contribution in [3.8, 4) is 0 Å². The van der Waals surface area contributed by atoms with E-state index < -0.39 is 41.5 Å². The van der Waals surface area contributed by atoms with Crippen LogP contribution in [0.2, 0.25) is 0 Å². The predicted molar refractivity (Wildman–Crippen MR) is 90.6 cm³/mol. The van der Waals surface area contributed by atoms with Gasteiger partial charge in [-0.15, -0.1) is 11.3 Å². The number of hydrogen-bond acceptors (Lipinski definition) is 4. The zero-order chi connectivity index (χ0) is 19.3. The zero-order valence-corrected chi connectivity index (χ0v) is 14.5. The molecule has 1 aromatic carbocycles. The number of anilines is 1. The Hall–Kier alpha value is -2.68. The molecule has 0 aliphatic carbocycles. The van der Waals surface area contributed by atoms with Gasteiger partial charge in [-0.25, -0.2) is 13.2 Å². The normalized spacial score (nSPS) is 10.5. The van der Waals surface area contributed by atoms with Crippen LogP contribution in [0.5, 0.6) is 0 Å². The van der Waals surface area contributed by atoms with Gasteiger partial charge in [-0.3, -0.25) is 14.4 Å². The van der Waals surface area contributed by atoms with Gasteiger partial charge in [0.05, 0.1) is 17.1 Å². The van der Waals surface area contributed by atoms with Crippen molar-refractivity contribution < 1.29 is 27.6 Å². The summed E-state index contributed by atoms with van der Waals surface area (Å²) in [7, 11) is 0. The predicted octanol–water partition coefficient (Wildman–Crippen LogP) is 3.19. The van der Waals surface area contributed by atoms with E-state index in [0.717, 1.165) is 10.9 Å². The van der Waals surface area contributed by atoms with Crippen molar-refractivity contribution in [3.63, 3.8) is 0 Å². The number of rotatable bonds is 7. The topological polar surface area (TPSA) is 75.3 Å². The summed E-state index contributed by atoms with van der Waals surface area (Å²) in [5, 5.41) is 4.30. The number of nitrogens with one attached hydrogen (secondary N) is 2. The average Bonchev–Trinajstić information content (AvgIpc) is 3.05. The van der Waals surface area contributed by atoms with Crippen LogP contribution >= 0.6 is 11.3 Å². The number of Topliss-reactive ketones (excluding diaryl/α,β-unsaturated/α-hetero) is 1. The monoisotopic (exact) mass is 384 g/mol. The van der Waals surface area contributed by atoms with E-state index in [2.05, 4.69) is 5.32 Å². The minimum atomic E-state index is -1.70. The summed E-state index contributed by atoms with van der Waals surface area (Å²) in [4.78, 5) is 36.8. The summed E-state index contributed by atoms with van der Waals surface area (Å²) < 4.78 is 39.3. The maximum Gasteiger partial charge on any atom is 0.243 e. The van der Waals surface area contributed by atoms with Gasteiger partial charge in [0, 0.05) is 17.7 Å². The van der Waals surface area contributed by atoms with Crippen LogP contribution in [0, 0.1) is 24.4 Å². The Morgan fingerprint density at radius 3 is 2.35 bits per heavy atom. The standard InChI is InChI=1S/C17H15F3N2O3S/c1-9-2-6-13(26-9)12(23)5-7-14(24)21-8-15(25)22-11-4-3-10(18)16(19)17(11)20/h2-4,6H,5,7-8H2,1H3,(H,21,24)(H,22,25). The highest BCUT2D eigenvalue weighted by Crippen LogP contribution is 2.19. The quantitative estimate of drug-likeness (QED) is 0.569. The number of amides is 2. The second-order valence-corrected chi connectivity index (χ2v) is 6.67.